The van der Waals surface area contributed by atoms with E-state index in [1.807, 2.05) is 30.3 Å². The monoisotopic (exact) mass is 265 g/mol. The summed E-state index contributed by atoms with van der Waals surface area (Å²) >= 11 is 1.54. The van der Waals surface area contributed by atoms with Gasteiger partial charge in [0, 0.05) is 9.58 Å². The Labute approximate surface area is 107 Å². The summed E-state index contributed by atoms with van der Waals surface area (Å²) in [7, 11) is 0. The molecular formula is C12H11NO4S. The number of rotatable bonds is 4. The molecule has 18 heavy (non-hydrogen) atoms. The fourth-order valence-corrected chi connectivity index (χ4v) is 2.42. The van der Waals surface area contributed by atoms with Crippen molar-refractivity contribution in [3.63, 3.8) is 0 Å². The van der Waals surface area contributed by atoms with E-state index in [4.69, 9.17) is 9.84 Å². The maximum absolute atomic E-state index is 11.1. The van der Waals surface area contributed by atoms with Crippen LogP contribution in [0.4, 0.5) is 4.79 Å². The summed E-state index contributed by atoms with van der Waals surface area (Å²) in [5, 5.41) is 11.6. The van der Waals surface area contributed by atoms with Crippen molar-refractivity contribution < 1.29 is 19.4 Å². The second kappa shape index (κ2) is 5.50. The number of benzene rings is 1. The van der Waals surface area contributed by atoms with Crippen LogP contribution in [0.2, 0.25) is 0 Å². The molecule has 6 heteroatoms. The van der Waals surface area contributed by atoms with E-state index < -0.39 is 18.6 Å². The Balaban J connectivity index is 1.90. The average Bonchev–Trinajstić information content (AvgIpc) is 2.76. The quantitative estimate of drug-likeness (QED) is 0.888. The molecule has 0 fully saturated rings. The molecule has 2 aromatic rings. The highest BCUT2D eigenvalue weighted by Crippen LogP contribution is 2.25. The lowest BCUT2D eigenvalue weighted by atomic mass is 10.2. The molecule has 0 saturated heterocycles. The zero-order valence-electron chi connectivity index (χ0n) is 9.38. The molecule has 0 bridgehead atoms. The lowest BCUT2D eigenvalue weighted by molar-refractivity contribution is -0.135. The second-order valence-corrected chi connectivity index (χ2v) is 4.74. The smallest absolute Gasteiger partial charge is 0.407 e. The van der Waals surface area contributed by atoms with E-state index in [1.54, 1.807) is 11.3 Å². The molecule has 0 aliphatic carbocycles. The third-order valence-electron chi connectivity index (χ3n) is 2.21. The van der Waals surface area contributed by atoms with Gasteiger partial charge in [-0.15, -0.1) is 11.3 Å². The topological polar surface area (TPSA) is 75.6 Å². The number of carbonyl (C=O) groups excluding carboxylic acids is 1. The summed E-state index contributed by atoms with van der Waals surface area (Å²) < 4.78 is 6.03. The second-order valence-electron chi connectivity index (χ2n) is 3.57. The third-order valence-corrected chi connectivity index (χ3v) is 3.30. The average molecular weight is 265 g/mol. The minimum absolute atomic E-state index is 0.144. The van der Waals surface area contributed by atoms with Crippen molar-refractivity contribution in [3.05, 3.63) is 35.2 Å². The van der Waals surface area contributed by atoms with Crippen LogP contribution in [0, 0.1) is 0 Å². The zero-order chi connectivity index (χ0) is 13.0. The van der Waals surface area contributed by atoms with Gasteiger partial charge in [0.1, 0.15) is 13.2 Å². The van der Waals surface area contributed by atoms with E-state index in [2.05, 4.69) is 5.32 Å². The van der Waals surface area contributed by atoms with Gasteiger partial charge < -0.3 is 15.2 Å². The standard InChI is InChI=1S/C12H11NO4S/c14-11(15)6-13-12(16)17-7-9-5-8-3-1-2-4-10(8)18-9/h1-5H,6-7H2,(H,13,16)(H,14,15). The van der Waals surface area contributed by atoms with E-state index in [0.717, 1.165) is 15.0 Å². The van der Waals surface area contributed by atoms with Crippen molar-refractivity contribution in [1.29, 1.82) is 0 Å². The number of amides is 1. The van der Waals surface area contributed by atoms with Crippen molar-refractivity contribution in [2.45, 2.75) is 6.61 Å². The van der Waals surface area contributed by atoms with Crippen LogP contribution in [0.15, 0.2) is 30.3 Å². The fraction of sp³-hybridized carbons (Fsp3) is 0.167. The van der Waals surface area contributed by atoms with Gasteiger partial charge >= 0.3 is 12.1 Å². The van der Waals surface area contributed by atoms with Crippen molar-refractivity contribution >= 4 is 33.5 Å². The van der Waals surface area contributed by atoms with Gasteiger partial charge in [-0.25, -0.2) is 4.79 Å². The third kappa shape index (κ3) is 3.21. The number of ether oxygens (including phenoxy) is 1. The fourth-order valence-electron chi connectivity index (χ4n) is 1.44. The number of thiophene rings is 1. The number of aliphatic carboxylic acids is 1. The van der Waals surface area contributed by atoms with Crippen molar-refractivity contribution in [2.24, 2.45) is 0 Å². The number of nitrogens with one attached hydrogen (secondary N) is 1. The Kier molecular flexibility index (Phi) is 3.78. The van der Waals surface area contributed by atoms with Crippen LogP contribution in [-0.2, 0) is 16.1 Å². The summed E-state index contributed by atoms with van der Waals surface area (Å²) in [6.45, 7) is -0.296. The molecule has 2 rings (SSSR count). The van der Waals surface area contributed by atoms with Gasteiger partial charge in [0.2, 0.25) is 0 Å². The molecule has 1 amide bonds. The molecule has 2 N–H and O–H groups in total. The minimum atomic E-state index is -1.10. The van der Waals surface area contributed by atoms with Crippen LogP contribution in [0.25, 0.3) is 10.1 Å². The minimum Gasteiger partial charge on any atom is -0.480 e. The maximum atomic E-state index is 11.1. The number of hydrogen-bond acceptors (Lipinski definition) is 4. The number of carbonyl (C=O) groups is 2. The van der Waals surface area contributed by atoms with Gasteiger partial charge in [0.05, 0.1) is 0 Å². The number of carboxylic acids is 1. The summed E-state index contributed by atoms with van der Waals surface area (Å²) in [5.74, 6) is -1.10. The SMILES string of the molecule is O=C(O)CNC(=O)OCc1cc2ccccc2s1. The molecule has 0 aliphatic rings. The van der Waals surface area contributed by atoms with Gasteiger partial charge in [-0.05, 0) is 17.5 Å². The Hall–Kier alpha value is -2.08. The molecule has 1 heterocycles. The number of fused-ring (bicyclic) bond motifs is 1. The Morgan fingerprint density at radius 2 is 2.11 bits per heavy atom. The van der Waals surface area contributed by atoms with Crippen molar-refractivity contribution in [2.75, 3.05) is 6.54 Å². The maximum Gasteiger partial charge on any atom is 0.407 e. The molecule has 0 unspecified atom stereocenters. The van der Waals surface area contributed by atoms with Crippen LogP contribution in [0.3, 0.4) is 0 Å². The van der Waals surface area contributed by atoms with E-state index in [-0.39, 0.29) is 6.61 Å². The van der Waals surface area contributed by atoms with Gasteiger partial charge in [0.15, 0.2) is 0 Å². The molecule has 94 valence electrons. The predicted molar refractivity (Wildman–Crippen MR) is 67.6 cm³/mol. The van der Waals surface area contributed by atoms with Crippen molar-refractivity contribution in [3.8, 4) is 0 Å². The normalized spacial score (nSPS) is 10.2. The van der Waals surface area contributed by atoms with Crippen LogP contribution in [0.5, 0.6) is 0 Å². The number of alkyl carbamates (subject to hydrolysis) is 1. The highest BCUT2D eigenvalue weighted by atomic mass is 32.1. The Morgan fingerprint density at radius 3 is 2.83 bits per heavy atom. The summed E-state index contributed by atoms with van der Waals surface area (Å²) in [6.07, 6.45) is -0.727. The highest BCUT2D eigenvalue weighted by molar-refractivity contribution is 7.19. The van der Waals surface area contributed by atoms with Crippen LogP contribution >= 0.6 is 11.3 Å². The molecule has 0 atom stereocenters. The Morgan fingerprint density at radius 1 is 1.33 bits per heavy atom. The molecule has 0 spiro atoms. The molecule has 0 saturated carbocycles. The first-order chi connectivity index (χ1) is 8.65. The highest BCUT2D eigenvalue weighted by Gasteiger charge is 2.06. The first-order valence-corrected chi connectivity index (χ1v) is 6.06. The molecule has 0 aliphatic heterocycles. The summed E-state index contributed by atoms with van der Waals surface area (Å²) in [5.41, 5.74) is 0. The largest absolute Gasteiger partial charge is 0.480 e. The first-order valence-electron chi connectivity index (χ1n) is 5.25. The molecule has 1 aromatic heterocycles. The molecular weight excluding hydrogens is 254 g/mol. The zero-order valence-corrected chi connectivity index (χ0v) is 10.2. The number of hydrogen-bond donors (Lipinski definition) is 2. The lowest BCUT2D eigenvalue weighted by Gasteiger charge is -2.02. The van der Waals surface area contributed by atoms with E-state index in [1.165, 1.54) is 0 Å². The summed E-state index contributed by atoms with van der Waals surface area (Å²) in [4.78, 5) is 22.3. The molecule has 5 nitrogen and oxygen atoms in total. The van der Waals surface area contributed by atoms with E-state index in [0.29, 0.717) is 0 Å². The van der Waals surface area contributed by atoms with E-state index in [9.17, 15) is 9.59 Å². The van der Waals surface area contributed by atoms with Gasteiger partial charge in [-0.3, -0.25) is 4.79 Å². The van der Waals surface area contributed by atoms with Crippen LogP contribution < -0.4 is 5.32 Å². The first kappa shape index (κ1) is 12.4. The van der Waals surface area contributed by atoms with Crippen LogP contribution in [0.1, 0.15) is 4.88 Å². The predicted octanol–water partition coefficient (Wildman–Crippen LogP) is 2.21. The summed E-state index contributed by atoms with van der Waals surface area (Å²) in [6, 6.07) is 9.82. The Bertz CT molecular complexity index is 545. The molecule has 0 radical (unpaired) electrons. The lowest BCUT2D eigenvalue weighted by Crippen LogP contribution is -2.29. The number of carboxylic acid groups (broad SMARTS) is 1. The van der Waals surface area contributed by atoms with E-state index >= 15 is 0 Å². The van der Waals surface area contributed by atoms with Gasteiger partial charge in [-0.2, -0.15) is 0 Å². The van der Waals surface area contributed by atoms with Gasteiger partial charge in [-0.1, -0.05) is 18.2 Å². The van der Waals surface area contributed by atoms with Crippen molar-refractivity contribution in [1.82, 2.24) is 5.32 Å². The van der Waals surface area contributed by atoms with Gasteiger partial charge in [0.25, 0.3) is 0 Å². The molecule has 1 aromatic carbocycles. The van der Waals surface area contributed by atoms with Crippen LogP contribution in [-0.4, -0.2) is 23.7 Å².